The molecular weight excluding hydrogens is 254 g/mol. The predicted molar refractivity (Wildman–Crippen MR) is 81.4 cm³/mol. The maximum atomic E-state index is 5.93. The molecule has 1 aliphatic rings. The summed E-state index contributed by atoms with van der Waals surface area (Å²) >= 11 is 5.93. The van der Waals surface area contributed by atoms with Gasteiger partial charge in [-0.15, -0.1) is 0 Å². The second-order valence-electron chi connectivity index (χ2n) is 5.11. The van der Waals surface area contributed by atoms with E-state index in [-0.39, 0.29) is 0 Å². The van der Waals surface area contributed by atoms with E-state index in [2.05, 4.69) is 43.3 Å². The van der Waals surface area contributed by atoms with Crippen molar-refractivity contribution < 1.29 is 0 Å². The number of hydrogen-bond donors (Lipinski definition) is 0. The molecule has 2 aromatic carbocycles. The molecule has 0 bridgehead atoms. The van der Waals surface area contributed by atoms with Crippen LogP contribution in [0.3, 0.4) is 0 Å². The van der Waals surface area contributed by atoms with Crippen LogP contribution >= 0.6 is 11.6 Å². The van der Waals surface area contributed by atoms with Gasteiger partial charge in [-0.05, 0) is 36.6 Å². The van der Waals surface area contributed by atoms with E-state index < -0.39 is 0 Å². The van der Waals surface area contributed by atoms with Crippen molar-refractivity contribution >= 4 is 17.3 Å². The Hall–Kier alpha value is -1.60. The fraction of sp³-hybridized carbons (Fsp3) is 0.235. The minimum Gasteiger partial charge on any atom is -0.288 e. The molecule has 1 nitrogen and oxygen atoms in total. The average Bonchev–Trinajstić information content (AvgIpc) is 2.90. The predicted octanol–water partition coefficient (Wildman–Crippen LogP) is 4.63. The Morgan fingerprint density at radius 2 is 1.68 bits per heavy atom. The zero-order valence-corrected chi connectivity index (χ0v) is 11.7. The number of hydrogen-bond acceptors (Lipinski definition) is 1. The molecule has 0 radical (unpaired) electrons. The minimum atomic E-state index is 0.494. The lowest BCUT2D eigenvalue weighted by molar-refractivity contribution is 0.779. The van der Waals surface area contributed by atoms with E-state index >= 15 is 0 Å². The number of nitrogens with zero attached hydrogens (tertiary/aromatic N) is 1. The summed E-state index contributed by atoms with van der Waals surface area (Å²) in [4.78, 5) is 4.70. The quantitative estimate of drug-likeness (QED) is 0.754. The Balaban J connectivity index is 1.76. The second-order valence-corrected chi connectivity index (χ2v) is 5.54. The van der Waals surface area contributed by atoms with Crippen molar-refractivity contribution in [2.75, 3.05) is 6.54 Å². The average molecular weight is 270 g/mol. The molecule has 2 heteroatoms. The van der Waals surface area contributed by atoms with Gasteiger partial charge in [-0.1, -0.05) is 53.6 Å². The molecule has 0 aromatic heterocycles. The monoisotopic (exact) mass is 269 g/mol. The maximum Gasteiger partial charge on any atom is 0.0465 e. The summed E-state index contributed by atoms with van der Waals surface area (Å²) in [6.07, 6.45) is 1.02. The topological polar surface area (TPSA) is 12.4 Å². The lowest BCUT2D eigenvalue weighted by Gasteiger charge is -2.09. The molecule has 0 fully saturated rings. The SMILES string of the molecule is Cc1ccc(C2=NCC(c3ccc(Cl)cc3)C2)cc1. The van der Waals surface area contributed by atoms with Gasteiger partial charge in [-0.3, -0.25) is 4.99 Å². The molecule has 1 aliphatic heterocycles. The van der Waals surface area contributed by atoms with Gasteiger partial charge in [-0.2, -0.15) is 0 Å². The first-order chi connectivity index (χ1) is 9.22. The van der Waals surface area contributed by atoms with Crippen molar-refractivity contribution in [2.24, 2.45) is 4.99 Å². The first-order valence-corrected chi connectivity index (χ1v) is 6.96. The fourth-order valence-corrected chi connectivity index (χ4v) is 2.62. The second kappa shape index (κ2) is 5.18. The standard InChI is InChI=1S/C17H16ClN/c1-12-2-4-14(5-3-12)17-10-15(11-19-17)13-6-8-16(18)9-7-13/h2-9,15H,10-11H2,1H3. The third kappa shape index (κ3) is 2.71. The normalized spacial score (nSPS) is 18.4. The van der Waals surface area contributed by atoms with Crippen LogP contribution < -0.4 is 0 Å². The fourth-order valence-electron chi connectivity index (χ4n) is 2.50. The summed E-state index contributed by atoms with van der Waals surface area (Å²) in [7, 11) is 0. The summed E-state index contributed by atoms with van der Waals surface area (Å²) in [5.74, 6) is 0.494. The molecule has 19 heavy (non-hydrogen) atoms. The van der Waals surface area contributed by atoms with Crippen molar-refractivity contribution in [1.82, 2.24) is 0 Å². The number of benzene rings is 2. The van der Waals surface area contributed by atoms with Gasteiger partial charge in [0.2, 0.25) is 0 Å². The third-order valence-corrected chi connectivity index (χ3v) is 3.92. The molecule has 1 atom stereocenters. The van der Waals surface area contributed by atoms with Crippen LogP contribution in [0.4, 0.5) is 0 Å². The van der Waals surface area contributed by atoms with Gasteiger partial charge in [0, 0.05) is 23.2 Å². The van der Waals surface area contributed by atoms with Crippen LogP contribution in [0, 0.1) is 6.92 Å². The molecule has 1 heterocycles. The molecule has 2 aromatic rings. The summed E-state index contributed by atoms with van der Waals surface area (Å²) in [5, 5.41) is 0.793. The van der Waals surface area contributed by atoms with Gasteiger partial charge < -0.3 is 0 Å². The summed E-state index contributed by atoms with van der Waals surface area (Å²) < 4.78 is 0. The van der Waals surface area contributed by atoms with E-state index in [1.807, 2.05) is 12.1 Å². The van der Waals surface area contributed by atoms with E-state index in [1.165, 1.54) is 22.4 Å². The van der Waals surface area contributed by atoms with E-state index in [4.69, 9.17) is 16.6 Å². The summed E-state index contributed by atoms with van der Waals surface area (Å²) in [6.45, 7) is 2.99. The molecule has 0 saturated carbocycles. The van der Waals surface area contributed by atoms with Gasteiger partial charge >= 0.3 is 0 Å². The van der Waals surface area contributed by atoms with E-state index in [9.17, 15) is 0 Å². The first-order valence-electron chi connectivity index (χ1n) is 6.58. The van der Waals surface area contributed by atoms with Gasteiger partial charge in [0.05, 0.1) is 0 Å². The van der Waals surface area contributed by atoms with Crippen molar-refractivity contribution in [3.63, 3.8) is 0 Å². The van der Waals surface area contributed by atoms with Crippen molar-refractivity contribution in [3.05, 3.63) is 70.2 Å². The Morgan fingerprint density at radius 3 is 2.37 bits per heavy atom. The van der Waals surface area contributed by atoms with Gasteiger partial charge in [0.1, 0.15) is 0 Å². The highest BCUT2D eigenvalue weighted by atomic mass is 35.5. The molecule has 0 amide bonds. The van der Waals surface area contributed by atoms with E-state index in [1.54, 1.807) is 0 Å². The van der Waals surface area contributed by atoms with Crippen molar-refractivity contribution in [1.29, 1.82) is 0 Å². The molecule has 0 aliphatic carbocycles. The zero-order chi connectivity index (χ0) is 13.2. The molecule has 1 unspecified atom stereocenters. The highest BCUT2D eigenvalue weighted by Gasteiger charge is 2.21. The van der Waals surface area contributed by atoms with Crippen LogP contribution in [-0.4, -0.2) is 12.3 Å². The van der Waals surface area contributed by atoms with Gasteiger partial charge in [0.25, 0.3) is 0 Å². The van der Waals surface area contributed by atoms with Crippen molar-refractivity contribution in [3.8, 4) is 0 Å². The van der Waals surface area contributed by atoms with Crippen LogP contribution in [0.5, 0.6) is 0 Å². The highest BCUT2D eigenvalue weighted by Crippen LogP contribution is 2.28. The van der Waals surface area contributed by atoms with Gasteiger partial charge in [-0.25, -0.2) is 0 Å². The number of aryl methyl sites for hydroxylation is 1. The van der Waals surface area contributed by atoms with Crippen LogP contribution in [-0.2, 0) is 0 Å². The first kappa shape index (κ1) is 12.4. The Labute approximate surface area is 119 Å². The van der Waals surface area contributed by atoms with Crippen LogP contribution in [0.25, 0.3) is 0 Å². The summed E-state index contributed by atoms with van der Waals surface area (Å²) in [5.41, 5.74) is 5.09. The highest BCUT2D eigenvalue weighted by molar-refractivity contribution is 6.30. The van der Waals surface area contributed by atoms with E-state index in [0.717, 1.165) is 18.0 Å². The van der Waals surface area contributed by atoms with E-state index in [0.29, 0.717) is 5.92 Å². The zero-order valence-electron chi connectivity index (χ0n) is 10.9. The Morgan fingerprint density at radius 1 is 1.00 bits per heavy atom. The lowest BCUT2D eigenvalue weighted by atomic mass is 9.94. The van der Waals surface area contributed by atoms with Crippen LogP contribution in [0.1, 0.15) is 29.0 Å². The Bertz CT molecular complexity index is 596. The number of rotatable bonds is 2. The minimum absolute atomic E-state index is 0.494. The number of aliphatic imine (C=N–C) groups is 1. The molecule has 0 spiro atoms. The van der Waals surface area contributed by atoms with Crippen LogP contribution in [0.15, 0.2) is 53.5 Å². The Kier molecular flexibility index (Phi) is 3.39. The molecule has 0 saturated heterocycles. The van der Waals surface area contributed by atoms with Crippen molar-refractivity contribution in [2.45, 2.75) is 19.3 Å². The largest absolute Gasteiger partial charge is 0.288 e. The molecular formula is C17H16ClN. The molecule has 3 rings (SSSR count). The smallest absolute Gasteiger partial charge is 0.0465 e. The maximum absolute atomic E-state index is 5.93. The molecule has 0 N–H and O–H groups in total. The van der Waals surface area contributed by atoms with Crippen LogP contribution in [0.2, 0.25) is 5.02 Å². The van der Waals surface area contributed by atoms with Gasteiger partial charge in [0.15, 0.2) is 0 Å². The molecule has 96 valence electrons. The summed E-state index contributed by atoms with van der Waals surface area (Å²) in [6, 6.07) is 16.8. The lowest BCUT2D eigenvalue weighted by Crippen LogP contribution is -2.02. The number of halogens is 1. The third-order valence-electron chi connectivity index (χ3n) is 3.67.